The maximum absolute atomic E-state index is 11.7. The second-order valence-electron chi connectivity index (χ2n) is 5.57. The molecule has 1 N–H and O–H groups in total. The fraction of sp³-hybridized carbons (Fsp3) is 0.846. The maximum Gasteiger partial charge on any atom is 0.317 e. The van der Waals surface area contributed by atoms with Crippen molar-refractivity contribution in [3.8, 4) is 0 Å². The lowest BCUT2D eigenvalue weighted by molar-refractivity contribution is -0.243. The number of piperidine rings is 1. The van der Waals surface area contributed by atoms with E-state index in [9.17, 15) is 14.7 Å². The lowest BCUT2D eigenvalue weighted by atomic mass is 9.97. The van der Waals surface area contributed by atoms with E-state index in [0.29, 0.717) is 6.54 Å². The SMILES string of the molecule is CCOC(=O)C1CN(C(O)OC(C)(C)C)CCC1=O. The first kappa shape index (κ1) is 16.1. The van der Waals surface area contributed by atoms with Crippen molar-refractivity contribution in [3.63, 3.8) is 0 Å². The van der Waals surface area contributed by atoms with Gasteiger partial charge in [-0.05, 0) is 27.7 Å². The number of aliphatic hydroxyl groups excluding tert-OH is 1. The Hall–Kier alpha value is -0.980. The maximum atomic E-state index is 11.7. The van der Waals surface area contributed by atoms with Gasteiger partial charge < -0.3 is 14.6 Å². The van der Waals surface area contributed by atoms with Gasteiger partial charge in [-0.25, -0.2) is 0 Å². The molecule has 0 aliphatic carbocycles. The summed E-state index contributed by atoms with van der Waals surface area (Å²) in [7, 11) is 0. The van der Waals surface area contributed by atoms with Gasteiger partial charge in [-0.2, -0.15) is 0 Å². The predicted octanol–water partition coefficient (Wildman–Crippen LogP) is 0.531. The highest BCUT2D eigenvalue weighted by atomic mass is 16.6. The Morgan fingerprint density at radius 1 is 1.53 bits per heavy atom. The Bertz CT molecular complexity index is 336. The first-order valence-electron chi connectivity index (χ1n) is 6.54. The zero-order valence-electron chi connectivity index (χ0n) is 12.0. The first-order chi connectivity index (χ1) is 8.74. The van der Waals surface area contributed by atoms with Crippen LogP contribution in [0.1, 0.15) is 34.1 Å². The minimum absolute atomic E-state index is 0.134. The predicted molar refractivity (Wildman–Crippen MR) is 68.2 cm³/mol. The van der Waals surface area contributed by atoms with Crippen molar-refractivity contribution in [2.45, 2.75) is 46.1 Å². The monoisotopic (exact) mass is 273 g/mol. The summed E-state index contributed by atoms with van der Waals surface area (Å²) in [6.07, 6.45) is -0.904. The number of ketones is 1. The minimum atomic E-state index is -1.12. The molecule has 0 saturated carbocycles. The normalized spacial score (nSPS) is 23.2. The highest BCUT2D eigenvalue weighted by molar-refractivity contribution is 5.99. The fourth-order valence-corrected chi connectivity index (χ4v) is 1.90. The van der Waals surface area contributed by atoms with Crippen molar-refractivity contribution >= 4 is 11.8 Å². The van der Waals surface area contributed by atoms with Crippen LogP contribution in [-0.4, -0.2) is 53.5 Å². The smallest absolute Gasteiger partial charge is 0.317 e. The number of hydrogen-bond donors (Lipinski definition) is 1. The molecule has 0 spiro atoms. The molecular formula is C13H23NO5. The van der Waals surface area contributed by atoms with Crippen LogP contribution >= 0.6 is 0 Å². The Morgan fingerprint density at radius 2 is 2.16 bits per heavy atom. The molecule has 0 aromatic rings. The molecule has 2 unspecified atom stereocenters. The summed E-state index contributed by atoms with van der Waals surface area (Å²) in [5.74, 6) is -1.50. The molecule has 1 rings (SSSR count). The molecule has 1 aliphatic heterocycles. The fourth-order valence-electron chi connectivity index (χ4n) is 1.90. The third-order valence-corrected chi connectivity index (χ3v) is 2.79. The van der Waals surface area contributed by atoms with E-state index in [1.165, 1.54) is 0 Å². The highest BCUT2D eigenvalue weighted by Gasteiger charge is 2.37. The van der Waals surface area contributed by atoms with E-state index in [1.54, 1.807) is 11.8 Å². The van der Waals surface area contributed by atoms with Crippen LogP contribution in [0.2, 0.25) is 0 Å². The number of aliphatic hydroxyl groups is 1. The summed E-state index contributed by atoms with van der Waals surface area (Å²) < 4.78 is 10.3. The van der Waals surface area contributed by atoms with E-state index in [1.807, 2.05) is 20.8 Å². The number of likely N-dealkylation sites (tertiary alicyclic amines) is 1. The van der Waals surface area contributed by atoms with Crippen LogP contribution in [0.3, 0.4) is 0 Å². The van der Waals surface area contributed by atoms with Gasteiger partial charge in [-0.15, -0.1) is 0 Å². The standard InChI is InChI=1S/C13H23NO5/c1-5-18-11(16)9-8-14(7-6-10(9)15)12(17)19-13(2,3)4/h9,12,17H,5-8H2,1-4H3. The Labute approximate surface area is 113 Å². The molecule has 2 atom stereocenters. The third kappa shape index (κ3) is 4.89. The molecular weight excluding hydrogens is 250 g/mol. The summed E-state index contributed by atoms with van der Waals surface area (Å²) in [4.78, 5) is 25.0. The summed E-state index contributed by atoms with van der Waals surface area (Å²) >= 11 is 0. The van der Waals surface area contributed by atoms with Gasteiger partial charge in [0.05, 0.1) is 12.2 Å². The zero-order chi connectivity index (χ0) is 14.6. The molecule has 1 aliphatic rings. The summed E-state index contributed by atoms with van der Waals surface area (Å²) in [5, 5.41) is 9.97. The van der Waals surface area contributed by atoms with Gasteiger partial charge in [-0.3, -0.25) is 14.5 Å². The Balaban J connectivity index is 2.63. The second-order valence-corrected chi connectivity index (χ2v) is 5.57. The van der Waals surface area contributed by atoms with Gasteiger partial charge >= 0.3 is 5.97 Å². The highest BCUT2D eigenvalue weighted by Crippen LogP contribution is 2.19. The quantitative estimate of drug-likeness (QED) is 0.457. The number of carbonyl (C=O) groups is 2. The summed E-state index contributed by atoms with van der Waals surface area (Å²) in [5.41, 5.74) is -0.500. The third-order valence-electron chi connectivity index (χ3n) is 2.79. The molecule has 0 amide bonds. The van der Waals surface area contributed by atoms with E-state index in [2.05, 4.69) is 0 Å². The molecule has 1 saturated heterocycles. The van der Waals surface area contributed by atoms with E-state index in [-0.39, 0.29) is 25.4 Å². The number of nitrogens with zero attached hydrogens (tertiary/aromatic N) is 1. The molecule has 6 heteroatoms. The van der Waals surface area contributed by atoms with Gasteiger partial charge in [0.1, 0.15) is 11.7 Å². The van der Waals surface area contributed by atoms with Crippen molar-refractivity contribution in [3.05, 3.63) is 0 Å². The van der Waals surface area contributed by atoms with E-state index < -0.39 is 23.9 Å². The number of esters is 1. The van der Waals surface area contributed by atoms with Gasteiger partial charge in [0.15, 0.2) is 0 Å². The van der Waals surface area contributed by atoms with Crippen LogP contribution in [0.25, 0.3) is 0 Å². The zero-order valence-corrected chi connectivity index (χ0v) is 12.0. The van der Waals surface area contributed by atoms with Crippen LogP contribution in [-0.2, 0) is 19.1 Å². The average molecular weight is 273 g/mol. The van der Waals surface area contributed by atoms with E-state index in [4.69, 9.17) is 9.47 Å². The molecule has 0 aromatic heterocycles. The lowest BCUT2D eigenvalue weighted by Gasteiger charge is -2.36. The van der Waals surface area contributed by atoms with Crippen molar-refractivity contribution < 1.29 is 24.2 Å². The number of hydrogen-bond acceptors (Lipinski definition) is 6. The van der Waals surface area contributed by atoms with E-state index >= 15 is 0 Å². The Morgan fingerprint density at radius 3 is 2.68 bits per heavy atom. The van der Waals surface area contributed by atoms with Crippen molar-refractivity contribution in [2.24, 2.45) is 5.92 Å². The lowest BCUT2D eigenvalue weighted by Crippen LogP contribution is -2.51. The van der Waals surface area contributed by atoms with Crippen LogP contribution < -0.4 is 0 Å². The molecule has 1 heterocycles. The molecule has 0 radical (unpaired) electrons. The van der Waals surface area contributed by atoms with Crippen LogP contribution in [0.5, 0.6) is 0 Å². The van der Waals surface area contributed by atoms with Crippen LogP contribution in [0, 0.1) is 5.92 Å². The molecule has 6 nitrogen and oxygen atoms in total. The van der Waals surface area contributed by atoms with Gasteiger partial charge in [-0.1, -0.05) is 0 Å². The topological polar surface area (TPSA) is 76.1 Å². The number of rotatable bonds is 4. The van der Waals surface area contributed by atoms with Gasteiger partial charge in [0.25, 0.3) is 0 Å². The number of ether oxygens (including phenoxy) is 2. The second kappa shape index (κ2) is 6.45. The summed E-state index contributed by atoms with van der Waals surface area (Å²) in [6, 6.07) is 0. The average Bonchev–Trinajstić information content (AvgIpc) is 2.27. The van der Waals surface area contributed by atoms with Crippen LogP contribution in [0.15, 0.2) is 0 Å². The number of Topliss-reactive ketones (excluding diaryl/α,β-unsaturated/α-hetero) is 1. The van der Waals surface area contributed by atoms with Crippen molar-refractivity contribution in [1.29, 1.82) is 0 Å². The van der Waals surface area contributed by atoms with Crippen molar-refractivity contribution in [1.82, 2.24) is 4.90 Å². The minimum Gasteiger partial charge on any atom is -0.465 e. The number of carbonyl (C=O) groups excluding carboxylic acids is 2. The van der Waals surface area contributed by atoms with Crippen LogP contribution in [0.4, 0.5) is 0 Å². The molecule has 1 fully saturated rings. The first-order valence-corrected chi connectivity index (χ1v) is 6.54. The summed E-state index contributed by atoms with van der Waals surface area (Å²) in [6.45, 7) is 7.93. The molecule has 110 valence electrons. The molecule has 19 heavy (non-hydrogen) atoms. The largest absolute Gasteiger partial charge is 0.465 e. The van der Waals surface area contributed by atoms with Gasteiger partial charge in [0.2, 0.25) is 6.41 Å². The van der Waals surface area contributed by atoms with E-state index in [0.717, 1.165) is 0 Å². The van der Waals surface area contributed by atoms with Gasteiger partial charge in [0, 0.05) is 19.5 Å². The van der Waals surface area contributed by atoms with Crippen molar-refractivity contribution in [2.75, 3.05) is 19.7 Å². The molecule has 0 aromatic carbocycles. The molecule has 0 bridgehead atoms. The Kier molecular flexibility index (Phi) is 5.46.